The van der Waals surface area contributed by atoms with Gasteiger partial charge in [0.15, 0.2) is 5.78 Å². The van der Waals surface area contributed by atoms with Gasteiger partial charge in [-0.25, -0.2) is 4.85 Å². The number of aromatic amines is 1. The minimum atomic E-state index is -0.219. The van der Waals surface area contributed by atoms with Gasteiger partial charge >= 0.3 is 0 Å². The molecule has 0 fully saturated rings. The molecule has 2 rings (SSSR count). The first-order chi connectivity index (χ1) is 8.11. The molecular formula is C13H11N3O. The summed E-state index contributed by atoms with van der Waals surface area (Å²) in [5.41, 5.74) is 2.84. The van der Waals surface area contributed by atoms with E-state index in [1.54, 1.807) is 6.08 Å². The summed E-state index contributed by atoms with van der Waals surface area (Å²) >= 11 is 0. The van der Waals surface area contributed by atoms with Crippen LogP contribution in [-0.2, 0) is 4.79 Å². The molecule has 0 unspecified atom stereocenters. The highest BCUT2D eigenvalue weighted by molar-refractivity contribution is 6.00. The second-order valence-corrected chi connectivity index (χ2v) is 3.82. The molecule has 0 saturated heterocycles. The van der Waals surface area contributed by atoms with Crippen molar-refractivity contribution < 1.29 is 4.79 Å². The molecule has 4 nitrogen and oxygen atoms in total. The van der Waals surface area contributed by atoms with Crippen LogP contribution in [0.4, 0.5) is 0 Å². The molecule has 4 heteroatoms. The summed E-state index contributed by atoms with van der Waals surface area (Å²) in [7, 11) is 0. The number of carbonyl (C=O) groups is 1. The number of ketones is 1. The summed E-state index contributed by atoms with van der Waals surface area (Å²) in [6.07, 6.45) is 1.60. The first kappa shape index (κ1) is 11.1. The van der Waals surface area contributed by atoms with Crippen LogP contribution in [0.25, 0.3) is 21.8 Å². The van der Waals surface area contributed by atoms with E-state index in [1.807, 2.05) is 25.1 Å². The molecule has 0 aliphatic heterocycles. The maximum Gasteiger partial charge on any atom is 0.229 e. The van der Waals surface area contributed by atoms with Crippen LogP contribution in [0.5, 0.6) is 0 Å². The lowest BCUT2D eigenvalue weighted by molar-refractivity contribution is -0.113. The van der Waals surface area contributed by atoms with Gasteiger partial charge in [0.25, 0.3) is 0 Å². The summed E-state index contributed by atoms with van der Waals surface area (Å²) in [5.74, 6) is -0.219. The first-order valence-electron chi connectivity index (χ1n) is 5.16. The van der Waals surface area contributed by atoms with Crippen molar-refractivity contribution in [3.8, 4) is 0 Å². The highest BCUT2D eigenvalue weighted by Gasteiger charge is 2.05. The second kappa shape index (κ2) is 4.22. The minimum Gasteiger partial charge on any atom is -0.308 e. The highest BCUT2D eigenvalue weighted by Crippen LogP contribution is 2.19. The van der Waals surface area contributed by atoms with Gasteiger partial charge in [0, 0.05) is 11.1 Å². The number of benzene rings is 1. The maximum absolute atomic E-state index is 11.2. The van der Waals surface area contributed by atoms with E-state index in [0.29, 0.717) is 0 Å². The number of aromatic nitrogens is 2. The van der Waals surface area contributed by atoms with Crippen LogP contribution < -0.4 is 0 Å². The molecule has 2 aromatic rings. The third-order valence-corrected chi connectivity index (χ3v) is 2.55. The minimum absolute atomic E-state index is 0.144. The summed E-state index contributed by atoms with van der Waals surface area (Å²) in [6.45, 7) is 10.3. The van der Waals surface area contributed by atoms with Crippen LogP contribution in [0, 0.1) is 13.5 Å². The SMILES string of the molecule is [C-]#[N+]C(=Cc1ccc2n[nH]c(C)c2c1)C(C)=O. The lowest BCUT2D eigenvalue weighted by Crippen LogP contribution is -1.90. The Balaban J connectivity index is 2.54. The number of rotatable bonds is 2. The van der Waals surface area contributed by atoms with Gasteiger partial charge in [-0.2, -0.15) is 5.10 Å². The predicted octanol–water partition coefficient (Wildman–Crippen LogP) is 2.72. The zero-order valence-electron chi connectivity index (χ0n) is 9.61. The van der Waals surface area contributed by atoms with Crippen molar-refractivity contribution in [2.24, 2.45) is 0 Å². The third kappa shape index (κ3) is 2.08. The van der Waals surface area contributed by atoms with Crippen LogP contribution in [0.3, 0.4) is 0 Å². The van der Waals surface area contributed by atoms with Crippen LogP contribution in [-0.4, -0.2) is 16.0 Å². The van der Waals surface area contributed by atoms with Crippen molar-refractivity contribution in [1.29, 1.82) is 0 Å². The molecule has 0 spiro atoms. The molecule has 1 N–H and O–H groups in total. The van der Waals surface area contributed by atoms with E-state index in [0.717, 1.165) is 22.2 Å². The van der Waals surface area contributed by atoms with E-state index in [-0.39, 0.29) is 11.5 Å². The number of Topliss-reactive ketones (excluding diaryl/α,β-unsaturated/α-hetero) is 1. The van der Waals surface area contributed by atoms with Gasteiger partial charge in [-0.3, -0.25) is 5.10 Å². The summed E-state index contributed by atoms with van der Waals surface area (Å²) in [6, 6.07) is 5.63. The lowest BCUT2D eigenvalue weighted by Gasteiger charge is -1.96. The van der Waals surface area contributed by atoms with E-state index >= 15 is 0 Å². The Morgan fingerprint density at radius 2 is 2.29 bits per heavy atom. The summed E-state index contributed by atoms with van der Waals surface area (Å²) in [5, 5.41) is 8.02. The Morgan fingerprint density at radius 1 is 1.53 bits per heavy atom. The fourth-order valence-corrected chi connectivity index (χ4v) is 1.62. The molecular weight excluding hydrogens is 214 g/mol. The molecule has 1 heterocycles. The van der Waals surface area contributed by atoms with Crippen LogP contribution in [0.2, 0.25) is 0 Å². The predicted molar refractivity (Wildman–Crippen MR) is 66.1 cm³/mol. The average Bonchev–Trinajstić information content (AvgIpc) is 2.67. The number of allylic oxidation sites excluding steroid dienone is 1. The van der Waals surface area contributed by atoms with Crippen LogP contribution in [0.15, 0.2) is 23.9 Å². The Labute approximate surface area is 98.8 Å². The molecule has 0 radical (unpaired) electrons. The molecule has 17 heavy (non-hydrogen) atoms. The summed E-state index contributed by atoms with van der Waals surface area (Å²) < 4.78 is 0. The molecule has 0 aliphatic carbocycles. The van der Waals surface area contributed by atoms with Crippen molar-refractivity contribution in [1.82, 2.24) is 10.2 Å². The number of hydrogen-bond donors (Lipinski definition) is 1. The van der Waals surface area contributed by atoms with E-state index < -0.39 is 0 Å². The molecule has 1 aromatic carbocycles. The number of H-pyrrole nitrogens is 1. The zero-order chi connectivity index (χ0) is 12.4. The molecule has 0 amide bonds. The van der Waals surface area contributed by atoms with Crippen LogP contribution in [0.1, 0.15) is 18.2 Å². The number of fused-ring (bicyclic) bond motifs is 1. The largest absolute Gasteiger partial charge is 0.308 e. The Hall–Kier alpha value is -2.41. The number of carbonyl (C=O) groups excluding carboxylic acids is 1. The number of nitrogens with zero attached hydrogens (tertiary/aromatic N) is 2. The van der Waals surface area contributed by atoms with Gasteiger partial charge in [0.2, 0.25) is 5.70 Å². The van der Waals surface area contributed by atoms with Gasteiger partial charge in [0.05, 0.1) is 12.1 Å². The Kier molecular flexibility index (Phi) is 2.75. The number of aryl methyl sites for hydroxylation is 1. The standard InChI is InChI=1S/C13H11N3O/c1-8-11-6-10(4-5-12(11)16-15-8)7-13(14-3)9(2)17/h4-7H,1-2H3,(H,15,16). The topological polar surface area (TPSA) is 50.1 Å². The molecule has 0 bridgehead atoms. The van der Waals surface area contributed by atoms with E-state index in [2.05, 4.69) is 15.0 Å². The average molecular weight is 225 g/mol. The van der Waals surface area contributed by atoms with Gasteiger partial charge in [0.1, 0.15) is 0 Å². The normalized spacial score (nSPS) is 11.5. The first-order valence-corrected chi connectivity index (χ1v) is 5.16. The molecule has 84 valence electrons. The molecule has 1 aromatic heterocycles. The van der Waals surface area contributed by atoms with Gasteiger partial charge in [-0.05, 0) is 37.6 Å². The monoisotopic (exact) mass is 225 g/mol. The smallest absolute Gasteiger partial charge is 0.229 e. The van der Waals surface area contributed by atoms with Crippen molar-refractivity contribution >= 4 is 22.8 Å². The third-order valence-electron chi connectivity index (χ3n) is 2.55. The van der Waals surface area contributed by atoms with Gasteiger partial charge in [-0.15, -0.1) is 0 Å². The molecule has 0 saturated carbocycles. The van der Waals surface area contributed by atoms with Crippen LogP contribution >= 0.6 is 0 Å². The van der Waals surface area contributed by atoms with Crippen molar-refractivity contribution in [2.75, 3.05) is 0 Å². The fourth-order valence-electron chi connectivity index (χ4n) is 1.62. The Bertz CT molecular complexity index is 659. The van der Waals surface area contributed by atoms with Gasteiger partial charge in [-0.1, -0.05) is 6.07 Å². The fraction of sp³-hybridized carbons (Fsp3) is 0.154. The van der Waals surface area contributed by atoms with E-state index in [1.165, 1.54) is 6.92 Å². The maximum atomic E-state index is 11.2. The second-order valence-electron chi connectivity index (χ2n) is 3.82. The Morgan fingerprint density at radius 3 is 2.94 bits per heavy atom. The van der Waals surface area contributed by atoms with E-state index in [4.69, 9.17) is 6.57 Å². The van der Waals surface area contributed by atoms with Crippen molar-refractivity contribution in [3.63, 3.8) is 0 Å². The molecule has 0 aliphatic rings. The quantitative estimate of drug-likeness (QED) is 0.631. The number of nitrogens with one attached hydrogen (secondary N) is 1. The summed E-state index contributed by atoms with van der Waals surface area (Å²) in [4.78, 5) is 14.4. The van der Waals surface area contributed by atoms with E-state index in [9.17, 15) is 4.79 Å². The zero-order valence-corrected chi connectivity index (χ0v) is 9.61. The van der Waals surface area contributed by atoms with Gasteiger partial charge < -0.3 is 4.79 Å². The molecule has 0 atom stereocenters. The number of hydrogen-bond acceptors (Lipinski definition) is 2. The highest BCUT2D eigenvalue weighted by atomic mass is 16.1. The van der Waals surface area contributed by atoms with Crippen molar-refractivity contribution in [3.05, 3.63) is 46.6 Å². The lowest BCUT2D eigenvalue weighted by atomic mass is 10.1. The van der Waals surface area contributed by atoms with Crippen molar-refractivity contribution in [2.45, 2.75) is 13.8 Å².